The summed E-state index contributed by atoms with van der Waals surface area (Å²) < 4.78 is 20.7. The molecule has 4 heterocycles. The molecule has 35 heavy (non-hydrogen) atoms. The van der Waals surface area contributed by atoms with Crippen LogP contribution in [-0.4, -0.2) is 58.5 Å². The average Bonchev–Trinajstić information content (AvgIpc) is 3.07. The van der Waals surface area contributed by atoms with E-state index in [2.05, 4.69) is 36.5 Å². The van der Waals surface area contributed by atoms with Crippen molar-refractivity contribution in [3.63, 3.8) is 0 Å². The summed E-state index contributed by atoms with van der Waals surface area (Å²) in [6.45, 7) is 5.33. The van der Waals surface area contributed by atoms with Crippen LogP contribution in [0.4, 0.5) is 10.3 Å². The van der Waals surface area contributed by atoms with Crippen LogP contribution < -0.4 is 10.2 Å². The van der Waals surface area contributed by atoms with Crippen LogP contribution in [0.15, 0.2) is 30.6 Å². The minimum Gasteiger partial charge on any atom is -0.380 e. The van der Waals surface area contributed by atoms with Crippen molar-refractivity contribution in [3.8, 4) is 28.6 Å². The fourth-order valence-electron chi connectivity index (χ4n) is 4.40. The lowest BCUT2D eigenvalue weighted by Gasteiger charge is -2.19. The Kier molecular flexibility index (Phi) is 6.35. The molecule has 5 rings (SSSR count). The molecular weight excluding hydrogens is 447 g/mol. The third-order valence-electron chi connectivity index (χ3n) is 6.04. The van der Waals surface area contributed by atoms with Crippen molar-refractivity contribution in [3.05, 3.63) is 53.1 Å². The van der Waals surface area contributed by atoms with E-state index in [1.165, 1.54) is 6.07 Å². The number of aryl methyl sites for hydroxylation is 1. The van der Waals surface area contributed by atoms with Gasteiger partial charge < -0.3 is 15.0 Å². The molecule has 0 radical (unpaired) electrons. The van der Waals surface area contributed by atoms with Gasteiger partial charge in [-0.25, -0.2) is 19.3 Å². The Morgan fingerprint density at radius 2 is 2.00 bits per heavy atom. The second kappa shape index (κ2) is 9.74. The highest BCUT2D eigenvalue weighted by Gasteiger charge is 2.20. The van der Waals surface area contributed by atoms with E-state index in [1.807, 2.05) is 20.0 Å². The molecule has 0 spiro atoms. The zero-order chi connectivity index (χ0) is 24.4. The Morgan fingerprint density at radius 3 is 2.74 bits per heavy atom. The van der Waals surface area contributed by atoms with Gasteiger partial charge in [0.15, 0.2) is 0 Å². The van der Waals surface area contributed by atoms with Crippen molar-refractivity contribution in [1.29, 1.82) is 5.26 Å². The highest BCUT2D eigenvalue weighted by molar-refractivity contribution is 5.92. The summed E-state index contributed by atoms with van der Waals surface area (Å²) in [6, 6.07) is 7.18. The Bertz CT molecular complexity index is 1380. The van der Waals surface area contributed by atoms with Crippen LogP contribution in [0.3, 0.4) is 0 Å². The fourth-order valence-corrected chi connectivity index (χ4v) is 4.40. The van der Waals surface area contributed by atoms with E-state index in [0.717, 1.165) is 31.7 Å². The maximum absolute atomic E-state index is 15.2. The number of nitrogens with one attached hydrogen (secondary N) is 2. The van der Waals surface area contributed by atoms with Crippen molar-refractivity contribution in [2.24, 2.45) is 0 Å². The standard InChI is InChI=1S/C25H25FN8O/c1-15-8-16(12-28-2)9-19(26)21(15)22-17(11-27)10-20-24(31-22)23(33-32-20)18-13-29-25(30-14-18)34-4-3-6-35-7-5-34/h8-10,13-14,28H,3-7,12H2,1-2H3,(H,32,33). The first-order valence-corrected chi connectivity index (χ1v) is 11.5. The van der Waals surface area contributed by atoms with Crippen molar-refractivity contribution >= 4 is 17.0 Å². The molecule has 0 atom stereocenters. The molecule has 3 aromatic heterocycles. The van der Waals surface area contributed by atoms with Gasteiger partial charge in [0.1, 0.15) is 23.1 Å². The monoisotopic (exact) mass is 472 g/mol. The van der Waals surface area contributed by atoms with E-state index < -0.39 is 5.82 Å². The van der Waals surface area contributed by atoms with Crippen molar-refractivity contribution in [2.75, 3.05) is 38.3 Å². The quantitative estimate of drug-likeness (QED) is 0.454. The van der Waals surface area contributed by atoms with Gasteiger partial charge in [-0.3, -0.25) is 5.10 Å². The van der Waals surface area contributed by atoms with E-state index in [-0.39, 0.29) is 11.3 Å². The first-order chi connectivity index (χ1) is 17.1. The van der Waals surface area contributed by atoms with Gasteiger partial charge in [-0.15, -0.1) is 0 Å². The molecule has 178 valence electrons. The summed E-state index contributed by atoms with van der Waals surface area (Å²) in [5.74, 6) is 0.219. The largest absolute Gasteiger partial charge is 0.380 e. The van der Waals surface area contributed by atoms with Crippen LogP contribution in [0.25, 0.3) is 33.5 Å². The van der Waals surface area contributed by atoms with E-state index >= 15 is 4.39 Å². The first kappa shape index (κ1) is 22.8. The summed E-state index contributed by atoms with van der Waals surface area (Å²) in [5, 5.41) is 20.1. The van der Waals surface area contributed by atoms with Gasteiger partial charge >= 0.3 is 0 Å². The first-order valence-electron chi connectivity index (χ1n) is 11.5. The predicted molar refractivity (Wildman–Crippen MR) is 130 cm³/mol. The average molecular weight is 473 g/mol. The molecule has 0 unspecified atom stereocenters. The van der Waals surface area contributed by atoms with E-state index in [0.29, 0.717) is 52.5 Å². The highest BCUT2D eigenvalue weighted by Crippen LogP contribution is 2.33. The number of H-pyrrole nitrogens is 1. The number of benzene rings is 1. The van der Waals surface area contributed by atoms with Crippen LogP contribution in [0.2, 0.25) is 0 Å². The molecule has 1 saturated heterocycles. The number of nitriles is 1. The van der Waals surface area contributed by atoms with Crippen LogP contribution in [-0.2, 0) is 11.3 Å². The van der Waals surface area contributed by atoms with Crippen molar-refractivity contribution in [2.45, 2.75) is 19.9 Å². The van der Waals surface area contributed by atoms with Crippen LogP contribution in [0.5, 0.6) is 0 Å². The Balaban J connectivity index is 1.56. The topological polar surface area (TPSA) is 116 Å². The number of nitrogens with zero attached hydrogens (tertiary/aromatic N) is 6. The van der Waals surface area contributed by atoms with Crippen molar-refractivity contribution < 1.29 is 9.13 Å². The predicted octanol–water partition coefficient (Wildman–Crippen LogP) is 3.35. The van der Waals surface area contributed by atoms with E-state index in [4.69, 9.17) is 9.72 Å². The van der Waals surface area contributed by atoms with Crippen LogP contribution in [0.1, 0.15) is 23.1 Å². The number of hydrogen-bond donors (Lipinski definition) is 2. The molecule has 2 N–H and O–H groups in total. The summed E-state index contributed by atoms with van der Waals surface area (Å²) >= 11 is 0. The maximum atomic E-state index is 15.2. The fraction of sp³-hybridized carbons (Fsp3) is 0.320. The Morgan fingerprint density at radius 1 is 1.17 bits per heavy atom. The van der Waals surface area contributed by atoms with Gasteiger partial charge in [0.2, 0.25) is 5.95 Å². The number of fused-ring (bicyclic) bond motifs is 1. The number of rotatable bonds is 5. The number of aromatic amines is 1. The summed E-state index contributed by atoms with van der Waals surface area (Å²) in [7, 11) is 1.81. The van der Waals surface area contributed by atoms with E-state index in [1.54, 1.807) is 18.5 Å². The van der Waals surface area contributed by atoms with Gasteiger partial charge in [0, 0.05) is 49.8 Å². The lowest BCUT2D eigenvalue weighted by molar-refractivity contribution is 0.152. The number of hydrogen-bond acceptors (Lipinski definition) is 8. The lowest BCUT2D eigenvalue weighted by Crippen LogP contribution is -2.27. The van der Waals surface area contributed by atoms with Gasteiger partial charge in [-0.1, -0.05) is 6.07 Å². The molecule has 9 nitrogen and oxygen atoms in total. The van der Waals surface area contributed by atoms with Gasteiger partial charge in [0.05, 0.1) is 23.4 Å². The number of pyridine rings is 1. The molecule has 0 saturated carbocycles. The molecule has 10 heteroatoms. The second-order valence-electron chi connectivity index (χ2n) is 8.49. The molecule has 0 aliphatic carbocycles. The number of ether oxygens (including phenoxy) is 1. The van der Waals surface area contributed by atoms with Gasteiger partial charge in [-0.2, -0.15) is 10.4 Å². The molecule has 1 aliphatic rings. The zero-order valence-corrected chi connectivity index (χ0v) is 19.6. The third kappa shape index (κ3) is 4.43. The number of aromatic nitrogens is 5. The van der Waals surface area contributed by atoms with E-state index in [9.17, 15) is 5.26 Å². The maximum Gasteiger partial charge on any atom is 0.225 e. The molecular formula is C25H25FN8O. The van der Waals surface area contributed by atoms with Gasteiger partial charge in [0.25, 0.3) is 0 Å². The minimum atomic E-state index is -0.419. The SMILES string of the molecule is CNCc1cc(C)c(-c2nc3c(-c4cnc(N5CCCOCC5)nc4)n[nH]c3cc2C#N)c(F)c1. The second-order valence-corrected chi connectivity index (χ2v) is 8.49. The summed E-state index contributed by atoms with van der Waals surface area (Å²) in [4.78, 5) is 15.9. The summed E-state index contributed by atoms with van der Waals surface area (Å²) in [5.41, 5.74) is 4.72. The Hall–Kier alpha value is -3.94. The third-order valence-corrected chi connectivity index (χ3v) is 6.04. The summed E-state index contributed by atoms with van der Waals surface area (Å²) in [6.07, 6.45) is 4.35. The molecule has 4 aromatic rings. The molecule has 1 aromatic carbocycles. The number of halogens is 1. The molecule has 0 amide bonds. The molecule has 1 fully saturated rings. The lowest BCUT2D eigenvalue weighted by atomic mass is 9.98. The normalized spacial score (nSPS) is 14.2. The van der Waals surface area contributed by atoms with Gasteiger partial charge in [-0.05, 0) is 43.7 Å². The van der Waals surface area contributed by atoms with Crippen LogP contribution >= 0.6 is 0 Å². The molecule has 0 bridgehead atoms. The van der Waals surface area contributed by atoms with Crippen LogP contribution in [0, 0.1) is 24.1 Å². The highest BCUT2D eigenvalue weighted by atomic mass is 19.1. The number of anilines is 1. The zero-order valence-electron chi connectivity index (χ0n) is 19.6. The smallest absolute Gasteiger partial charge is 0.225 e. The van der Waals surface area contributed by atoms with Crippen molar-refractivity contribution in [1.82, 2.24) is 30.5 Å². The minimum absolute atomic E-state index is 0.269. The Labute approximate surface area is 202 Å². The molecule has 1 aliphatic heterocycles.